The van der Waals surface area contributed by atoms with Crippen LogP contribution in [0.5, 0.6) is 0 Å². The van der Waals surface area contributed by atoms with Crippen LogP contribution in [-0.2, 0) is 39.8 Å². The molecule has 1 aliphatic carbocycles. The van der Waals surface area contributed by atoms with Crippen LogP contribution in [0.25, 0.3) is 11.1 Å². The summed E-state index contributed by atoms with van der Waals surface area (Å²) in [4.78, 5) is 71.2. The summed E-state index contributed by atoms with van der Waals surface area (Å²) in [5, 5.41) is 16.1. The lowest BCUT2D eigenvalue weighted by atomic mass is 9.74. The molecular weight excluding hydrogens is 1120 g/mol. The van der Waals surface area contributed by atoms with Gasteiger partial charge in [-0.1, -0.05) is 88.6 Å². The highest BCUT2D eigenvalue weighted by Crippen LogP contribution is 2.46. The molecule has 5 aliphatic heterocycles. The minimum Gasteiger partial charge on any atom is -0.467 e. The number of anilines is 1. The molecule has 6 aliphatic rings. The predicted octanol–water partition coefficient (Wildman–Crippen LogP) is 10.8. The maximum Gasteiger partial charge on any atom is 0.293 e. The first-order valence-electron chi connectivity index (χ1n) is 34.7. The molecule has 89 heavy (non-hydrogen) atoms. The number of methoxy groups -OCH3 is 1. The molecule has 1 aromatic carbocycles. The Bertz CT molecular complexity index is 2580. The number of rotatable bonds is 30. The molecule has 3 N–H and O–H groups in total. The molecule has 6 heterocycles. The fourth-order valence-corrected chi connectivity index (χ4v) is 14.5. The van der Waals surface area contributed by atoms with Gasteiger partial charge >= 0.3 is 0 Å². The second kappa shape index (κ2) is 34.4. The van der Waals surface area contributed by atoms with Crippen molar-refractivity contribution in [1.82, 2.24) is 40.3 Å². The van der Waals surface area contributed by atoms with Crippen molar-refractivity contribution in [3.05, 3.63) is 58.4 Å². The molecule has 3 amide bonds. The van der Waals surface area contributed by atoms with Crippen LogP contribution in [0.3, 0.4) is 0 Å². The number of piperidine rings is 1. The van der Waals surface area contributed by atoms with Gasteiger partial charge in [-0.05, 0) is 169 Å². The number of hydrazine groups is 1. The molecule has 5 saturated heterocycles. The highest BCUT2D eigenvalue weighted by molar-refractivity contribution is 5.94. The Balaban J connectivity index is 0.000000867. The normalized spacial score (nSPS) is 20.7. The Morgan fingerprint density at radius 2 is 1.58 bits per heavy atom. The first-order valence-corrected chi connectivity index (χ1v) is 34.7. The van der Waals surface area contributed by atoms with Gasteiger partial charge in [-0.3, -0.25) is 34.1 Å². The van der Waals surface area contributed by atoms with Gasteiger partial charge in [0.2, 0.25) is 11.8 Å². The van der Waals surface area contributed by atoms with E-state index in [0.717, 1.165) is 122 Å². The zero-order valence-corrected chi connectivity index (χ0v) is 58.3. The van der Waals surface area contributed by atoms with E-state index < -0.39 is 17.5 Å². The van der Waals surface area contributed by atoms with Crippen molar-refractivity contribution in [3.8, 4) is 0 Å². The van der Waals surface area contributed by atoms with Gasteiger partial charge < -0.3 is 44.2 Å². The minimum absolute atomic E-state index is 0.0185. The zero-order valence-electron chi connectivity index (χ0n) is 58.3. The van der Waals surface area contributed by atoms with Crippen LogP contribution in [-0.4, -0.2) is 194 Å². The number of hydrogen-bond acceptors (Lipinski definition) is 14. The number of carbonyl (C=O) groups excluding carboxylic acids is 4. The number of aliphatic hydroxyl groups excluding tert-OH is 1. The Kier molecular flexibility index (Phi) is 28.5. The van der Waals surface area contributed by atoms with Crippen LogP contribution in [0.4, 0.5) is 5.69 Å². The van der Waals surface area contributed by atoms with Gasteiger partial charge in [0.25, 0.3) is 12.4 Å². The van der Waals surface area contributed by atoms with Crippen molar-refractivity contribution in [2.45, 2.75) is 223 Å². The molecule has 0 bridgehead atoms. The number of amides is 3. The van der Waals surface area contributed by atoms with E-state index in [1.54, 1.807) is 19.0 Å². The van der Waals surface area contributed by atoms with E-state index in [1.165, 1.54) is 45.2 Å². The summed E-state index contributed by atoms with van der Waals surface area (Å²) in [5.74, 6) is -0.374. The van der Waals surface area contributed by atoms with E-state index in [2.05, 4.69) is 145 Å². The lowest BCUT2D eigenvalue weighted by molar-refractivity contribution is -0.192. The molecule has 17 heteroatoms. The zero-order chi connectivity index (χ0) is 65.2. The molecule has 6 fully saturated rings. The Morgan fingerprint density at radius 1 is 0.921 bits per heavy atom. The molecule has 1 saturated carbocycles. The number of aliphatic hydroxyl groups is 1. The van der Waals surface area contributed by atoms with Crippen molar-refractivity contribution in [2.75, 3.05) is 110 Å². The summed E-state index contributed by atoms with van der Waals surface area (Å²) < 4.78 is 17.1. The molecule has 17 nitrogen and oxygen atoms in total. The molecule has 2 spiro atoms. The van der Waals surface area contributed by atoms with Gasteiger partial charge in [0.05, 0.1) is 44.3 Å². The molecule has 5 unspecified atom stereocenters. The summed E-state index contributed by atoms with van der Waals surface area (Å²) >= 11 is 0. The number of likely N-dealkylation sites (tertiary alicyclic amines) is 3. The molecule has 5 atom stereocenters. The number of carbonyl (C=O) groups is 4. The lowest BCUT2D eigenvalue weighted by Gasteiger charge is -2.59. The van der Waals surface area contributed by atoms with Crippen LogP contribution in [0, 0.1) is 35.5 Å². The van der Waals surface area contributed by atoms with Gasteiger partial charge in [-0.25, -0.2) is 5.43 Å². The number of ether oxygens (including phenoxy) is 3. The van der Waals surface area contributed by atoms with Crippen LogP contribution >= 0.6 is 0 Å². The first-order chi connectivity index (χ1) is 42.5. The topological polar surface area (TPSA) is 173 Å². The fraction of sp³-hybridized carbons (Fsp3) is 0.764. The highest BCUT2D eigenvalue weighted by Gasteiger charge is 2.53. The van der Waals surface area contributed by atoms with Gasteiger partial charge in [-0.2, -0.15) is 0 Å². The van der Waals surface area contributed by atoms with Crippen LogP contribution in [0.15, 0.2) is 30.5 Å². The molecule has 1 aromatic heterocycles. The second-order valence-corrected chi connectivity index (χ2v) is 28.7. The average Bonchev–Trinajstić information content (AvgIpc) is 1.69. The fourth-order valence-electron chi connectivity index (χ4n) is 14.5. The van der Waals surface area contributed by atoms with Crippen molar-refractivity contribution < 1.29 is 38.5 Å². The Hall–Kier alpha value is -4.49. The summed E-state index contributed by atoms with van der Waals surface area (Å²) in [5.41, 5.74) is 11.4. The van der Waals surface area contributed by atoms with Crippen LogP contribution in [0.2, 0.25) is 0 Å². The lowest BCUT2D eigenvalue weighted by Crippen LogP contribution is -2.71. The SMILES string of the molecule is CCC.CCCN(CCC)C1CC1.CCc1cnc(C(C)OC)c(/C(=C(\CC(C)(C)COC=O)c2cc(N(CCO)CCC(CN3CC4(COC4)C3)C(NC(=O)C(C(C)C)N3CCC34CCN(C(C)=O)CC4)C(=O)N3CCCC(C)N3)ccc2C)C(C)C)c1. The minimum atomic E-state index is -0.822. The van der Waals surface area contributed by atoms with E-state index in [0.29, 0.717) is 58.6 Å². The number of nitrogens with zero attached hydrogens (tertiary/aromatic N) is 7. The maximum absolute atomic E-state index is 15.3. The third kappa shape index (κ3) is 19.5. The Labute approximate surface area is 538 Å². The van der Waals surface area contributed by atoms with Crippen LogP contribution in [0.1, 0.15) is 208 Å². The van der Waals surface area contributed by atoms with Gasteiger partial charge in [0.15, 0.2) is 0 Å². The van der Waals surface area contributed by atoms with Crippen molar-refractivity contribution in [3.63, 3.8) is 0 Å². The van der Waals surface area contributed by atoms with Crippen molar-refractivity contribution in [1.29, 1.82) is 0 Å². The quantitative estimate of drug-likeness (QED) is 0.0631. The number of hydrogen-bond donors (Lipinski definition) is 3. The van der Waals surface area contributed by atoms with E-state index in [4.69, 9.17) is 19.2 Å². The number of pyridine rings is 1. The number of aromatic nitrogens is 1. The number of benzene rings is 1. The molecular formula is C72H121N9O8. The standard InChI is InChI=1S/C60H94N8O8.C9H19N.C3H8/c1-13-46-29-50(53(61-32-46)44(8)74-12)52(40(2)3)51(31-58(10,11)36-76-39-70)49-30-48(17-16-42(49)6)66(27-28-69)23-18-47(33-64-34-59(35-64)37-75-38-59)54(57(73)68-22-14-15-43(7)63-68)62-56(72)55(41(4)5)67-26-21-60(67)19-24-65(25-20-60)45(9)71;1-3-7-10(8-4-2)9-5-6-9;1-3-2/h16-17,29-30,32,39-41,43-44,47,54-55,63,69H,13-15,18-28,31,33-38H2,1-12H3,(H,62,72);9H,3-8H2,1-2H3;3H2,1-2H3/b52-51+;;. The largest absolute Gasteiger partial charge is 0.467 e. The Morgan fingerprint density at radius 3 is 2.10 bits per heavy atom. The number of allylic oxidation sites excluding steroid dienone is 2. The summed E-state index contributed by atoms with van der Waals surface area (Å²) in [6.45, 7) is 42.5. The average molecular weight is 1240 g/mol. The van der Waals surface area contributed by atoms with E-state index in [-0.39, 0.29) is 71.8 Å². The predicted molar refractivity (Wildman–Crippen MR) is 360 cm³/mol. The van der Waals surface area contributed by atoms with E-state index >= 15 is 9.59 Å². The van der Waals surface area contributed by atoms with Crippen molar-refractivity contribution >= 4 is 41.0 Å². The third-order valence-corrected chi connectivity index (χ3v) is 19.6. The second-order valence-electron chi connectivity index (χ2n) is 28.7. The number of nitrogens with one attached hydrogen (secondary N) is 2. The smallest absolute Gasteiger partial charge is 0.293 e. The highest BCUT2D eigenvalue weighted by atomic mass is 16.5. The molecule has 0 radical (unpaired) electrons. The van der Waals surface area contributed by atoms with E-state index in [1.807, 2.05) is 18.0 Å². The van der Waals surface area contributed by atoms with Gasteiger partial charge in [0.1, 0.15) is 6.04 Å². The first kappa shape index (κ1) is 73.6. The van der Waals surface area contributed by atoms with Gasteiger partial charge in [-0.15, -0.1) is 0 Å². The third-order valence-electron chi connectivity index (χ3n) is 19.6. The summed E-state index contributed by atoms with van der Waals surface area (Å²) in [7, 11) is 1.71. The molecule has 8 rings (SSSR count). The summed E-state index contributed by atoms with van der Waals surface area (Å²) in [6.07, 6.45) is 14.9. The van der Waals surface area contributed by atoms with Crippen molar-refractivity contribution in [2.24, 2.45) is 28.6 Å². The molecule has 2 aromatic rings. The maximum atomic E-state index is 15.3. The number of aryl methyl sites for hydroxylation is 2. The molecule has 502 valence electrons. The summed E-state index contributed by atoms with van der Waals surface area (Å²) in [6, 6.07) is 8.62. The van der Waals surface area contributed by atoms with E-state index in [9.17, 15) is 14.7 Å². The van der Waals surface area contributed by atoms with Crippen LogP contribution < -0.4 is 15.6 Å². The van der Waals surface area contributed by atoms with Gasteiger partial charge in [0, 0.05) is 125 Å². The monoisotopic (exact) mass is 1240 g/mol.